The van der Waals surface area contributed by atoms with Crippen LogP contribution in [0.25, 0.3) is 0 Å². The van der Waals surface area contributed by atoms with Crippen molar-refractivity contribution in [1.29, 1.82) is 0 Å². The summed E-state index contributed by atoms with van der Waals surface area (Å²) < 4.78 is 27.7. The predicted octanol–water partition coefficient (Wildman–Crippen LogP) is 2.75. The van der Waals surface area contributed by atoms with Gasteiger partial charge < -0.3 is 5.32 Å². The zero-order chi connectivity index (χ0) is 19.4. The van der Waals surface area contributed by atoms with Crippen LogP contribution in [0, 0.1) is 12.8 Å². The van der Waals surface area contributed by atoms with Gasteiger partial charge in [-0.2, -0.15) is 0 Å². The maximum absolute atomic E-state index is 12.7. The first-order valence-electron chi connectivity index (χ1n) is 8.60. The molecule has 1 N–H and O–H groups in total. The number of aryl methyl sites for hydroxylation is 1. The first-order valence-corrected chi connectivity index (χ1v) is 12.2. The average Bonchev–Trinajstić information content (AvgIpc) is 3.11. The fraction of sp³-hybridized carbons (Fsp3) is 0.471. The molecule has 1 amide bonds. The Labute approximate surface area is 167 Å². The minimum atomic E-state index is -3.39. The molecule has 0 aliphatic carbocycles. The second kappa shape index (κ2) is 8.68. The summed E-state index contributed by atoms with van der Waals surface area (Å²) >= 11 is 2.81. The quantitative estimate of drug-likeness (QED) is 0.564. The first-order chi connectivity index (χ1) is 12.9. The molecule has 2 heterocycles. The van der Waals surface area contributed by atoms with Gasteiger partial charge in [0.25, 0.3) is 0 Å². The van der Waals surface area contributed by atoms with Crippen molar-refractivity contribution in [2.75, 3.05) is 24.7 Å². The molecule has 1 aliphatic rings. The summed E-state index contributed by atoms with van der Waals surface area (Å²) in [5.74, 6) is -0.329. The molecular weight excluding hydrogens is 404 g/mol. The number of thioether (sulfide) groups is 1. The molecule has 0 spiro atoms. The van der Waals surface area contributed by atoms with Crippen molar-refractivity contribution < 1.29 is 13.2 Å². The van der Waals surface area contributed by atoms with E-state index >= 15 is 0 Å². The highest BCUT2D eigenvalue weighted by Crippen LogP contribution is 2.26. The smallest absolute Gasteiger partial charge is 0.229 e. The summed E-state index contributed by atoms with van der Waals surface area (Å²) in [5, 5.41) is 11.2. The highest BCUT2D eigenvalue weighted by atomic mass is 32.2. The molecule has 146 valence electrons. The maximum atomic E-state index is 12.7. The molecule has 1 fully saturated rings. The second-order valence-corrected chi connectivity index (χ2v) is 10.4. The van der Waals surface area contributed by atoms with E-state index < -0.39 is 10.0 Å². The molecule has 0 unspecified atom stereocenters. The summed E-state index contributed by atoms with van der Waals surface area (Å²) in [6.07, 6.45) is 2.92. The van der Waals surface area contributed by atoms with Crippen molar-refractivity contribution in [2.24, 2.45) is 5.92 Å². The van der Waals surface area contributed by atoms with Crippen LogP contribution in [-0.2, 0) is 20.6 Å². The van der Waals surface area contributed by atoms with E-state index in [2.05, 4.69) is 15.5 Å². The van der Waals surface area contributed by atoms with Gasteiger partial charge in [0, 0.05) is 19.0 Å². The summed E-state index contributed by atoms with van der Waals surface area (Å²) in [7, 11) is -3.39. The number of amides is 1. The fourth-order valence-electron chi connectivity index (χ4n) is 3.01. The Hall–Kier alpha value is -1.49. The van der Waals surface area contributed by atoms with Gasteiger partial charge >= 0.3 is 0 Å². The van der Waals surface area contributed by atoms with Gasteiger partial charge in [-0.25, -0.2) is 12.7 Å². The molecule has 2 aromatic rings. The third kappa shape index (κ3) is 5.07. The Balaban J connectivity index is 1.56. The van der Waals surface area contributed by atoms with Gasteiger partial charge in [0.05, 0.1) is 5.75 Å². The molecule has 7 nitrogen and oxygen atoms in total. The zero-order valence-corrected chi connectivity index (χ0v) is 17.7. The van der Waals surface area contributed by atoms with Crippen molar-refractivity contribution in [1.82, 2.24) is 14.5 Å². The van der Waals surface area contributed by atoms with Crippen LogP contribution in [0.2, 0.25) is 0 Å². The van der Waals surface area contributed by atoms with E-state index in [-0.39, 0.29) is 17.6 Å². The lowest BCUT2D eigenvalue weighted by molar-refractivity contribution is -0.120. The van der Waals surface area contributed by atoms with E-state index in [4.69, 9.17) is 0 Å². The van der Waals surface area contributed by atoms with Gasteiger partial charge in [-0.1, -0.05) is 47.4 Å². The number of benzene rings is 1. The van der Waals surface area contributed by atoms with Crippen LogP contribution in [0.5, 0.6) is 0 Å². The van der Waals surface area contributed by atoms with Crippen molar-refractivity contribution >= 4 is 44.2 Å². The van der Waals surface area contributed by atoms with Crippen LogP contribution in [0.3, 0.4) is 0 Å². The minimum Gasteiger partial charge on any atom is -0.300 e. The molecular formula is C17H22N4O3S3. The second-order valence-electron chi connectivity index (χ2n) is 6.42. The molecule has 0 bridgehead atoms. The predicted molar refractivity (Wildman–Crippen MR) is 108 cm³/mol. The van der Waals surface area contributed by atoms with E-state index in [1.165, 1.54) is 27.4 Å². The van der Waals surface area contributed by atoms with Crippen molar-refractivity contribution in [3.8, 4) is 0 Å². The number of piperidine rings is 1. The third-order valence-corrected chi connectivity index (χ3v) is 8.27. The normalized spacial score (nSPS) is 16.4. The topological polar surface area (TPSA) is 92.3 Å². The van der Waals surface area contributed by atoms with Crippen molar-refractivity contribution in [3.63, 3.8) is 0 Å². The average molecular weight is 427 g/mol. The fourth-order valence-corrected chi connectivity index (χ4v) is 5.85. The monoisotopic (exact) mass is 426 g/mol. The molecule has 10 heteroatoms. The number of sulfonamides is 1. The Kier molecular flexibility index (Phi) is 6.51. The highest BCUT2D eigenvalue weighted by Gasteiger charge is 2.31. The van der Waals surface area contributed by atoms with Gasteiger partial charge in [0.15, 0.2) is 4.34 Å². The Morgan fingerprint density at radius 1 is 1.30 bits per heavy atom. The Morgan fingerprint density at radius 3 is 2.63 bits per heavy atom. The van der Waals surface area contributed by atoms with E-state index in [0.717, 1.165) is 15.5 Å². The first kappa shape index (κ1) is 20.2. The molecule has 0 saturated carbocycles. The van der Waals surface area contributed by atoms with Crippen LogP contribution in [0.1, 0.15) is 24.0 Å². The van der Waals surface area contributed by atoms with E-state index in [1.807, 2.05) is 37.4 Å². The lowest BCUT2D eigenvalue weighted by Crippen LogP contribution is -2.41. The van der Waals surface area contributed by atoms with Crippen LogP contribution < -0.4 is 5.32 Å². The van der Waals surface area contributed by atoms with E-state index in [1.54, 1.807) is 0 Å². The summed E-state index contributed by atoms with van der Waals surface area (Å²) in [6.45, 7) is 2.63. The van der Waals surface area contributed by atoms with E-state index in [0.29, 0.717) is 31.1 Å². The van der Waals surface area contributed by atoms with Crippen LogP contribution in [0.15, 0.2) is 28.6 Å². The van der Waals surface area contributed by atoms with Crippen LogP contribution in [-0.4, -0.2) is 48.2 Å². The Bertz CT molecular complexity index is 906. The number of hydrogen-bond acceptors (Lipinski definition) is 7. The highest BCUT2D eigenvalue weighted by molar-refractivity contribution is 8.00. The Morgan fingerprint density at radius 2 is 2.00 bits per heavy atom. The number of carbonyl (C=O) groups is 1. The van der Waals surface area contributed by atoms with Crippen LogP contribution in [0.4, 0.5) is 5.13 Å². The number of nitrogens with one attached hydrogen (secondary N) is 1. The van der Waals surface area contributed by atoms with Crippen molar-refractivity contribution in [3.05, 3.63) is 35.4 Å². The number of nitrogens with zero attached hydrogens (tertiary/aromatic N) is 3. The number of aromatic nitrogens is 2. The maximum Gasteiger partial charge on any atom is 0.229 e. The molecule has 1 saturated heterocycles. The van der Waals surface area contributed by atoms with Gasteiger partial charge in [-0.15, -0.1) is 10.2 Å². The zero-order valence-electron chi connectivity index (χ0n) is 15.2. The molecule has 27 heavy (non-hydrogen) atoms. The third-order valence-electron chi connectivity index (χ3n) is 4.63. The number of anilines is 1. The molecule has 0 radical (unpaired) electrons. The number of carbonyl (C=O) groups excluding carboxylic acids is 1. The standard InChI is InChI=1S/C17H22N4O3S3/c1-12-5-3-4-6-14(12)11-27(23,24)21-9-7-13(8-10-21)15(22)18-16-19-20-17(25-2)26-16/h3-6,13H,7-11H2,1-2H3,(H,18,19,22). The molecule has 1 aromatic heterocycles. The lowest BCUT2D eigenvalue weighted by Gasteiger charge is -2.30. The summed E-state index contributed by atoms with van der Waals surface area (Å²) in [4.78, 5) is 12.4. The largest absolute Gasteiger partial charge is 0.300 e. The molecule has 0 atom stereocenters. The van der Waals surface area contributed by atoms with Crippen molar-refractivity contribution in [2.45, 2.75) is 29.9 Å². The number of rotatable bonds is 6. The molecule has 3 rings (SSSR count). The van der Waals surface area contributed by atoms with Gasteiger partial charge in [0.2, 0.25) is 21.1 Å². The molecule has 1 aromatic carbocycles. The minimum absolute atomic E-state index is 0.00121. The van der Waals surface area contributed by atoms with Gasteiger partial charge in [-0.3, -0.25) is 4.79 Å². The van der Waals surface area contributed by atoms with Gasteiger partial charge in [-0.05, 0) is 37.1 Å². The van der Waals surface area contributed by atoms with E-state index in [9.17, 15) is 13.2 Å². The van der Waals surface area contributed by atoms with Crippen LogP contribution >= 0.6 is 23.1 Å². The summed E-state index contributed by atoms with van der Waals surface area (Å²) in [5.41, 5.74) is 1.79. The number of hydrogen-bond donors (Lipinski definition) is 1. The summed E-state index contributed by atoms with van der Waals surface area (Å²) in [6, 6.07) is 7.51. The SMILES string of the molecule is CSc1nnc(NC(=O)C2CCN(S(=O)(=O)Cc3ccccc3C)CC2)s1. The molecule has 1 aliphatic heterocycles. The lowest BCUT2D eigenvalue weighted by atomic mass is 9.97. The van der Waals surface area contributed by atoms with Gasteiger partial charge in [0.1, 0.15) is 0 Å².